The maximum Gasteiger partial charge on any atom is 0.000744 e. The normalized spacial score (nSPS) is 11.1. The topological polar surface area (TPSA) is 26.0 Å². The van der Waals surface area contributed by atoms with E-state index < -0.39 is 0 Å². The van der Waals surface area contributed by atoms with Crippen LogP contribution in [0.15, 0.2) is 24.4 Å². The molecule has 0 unspecified atom stereocenters. The number of allylic oxidation sites excluding steroid dienone is 3. The summed E-state index contributed by atoms with van der Waals surface area (Å²) < 4.78 is 0. The number of hydrogen-bond donors (Lipinski definition) is 1. The van der Waals surface area contributed by atoms with Crippen molar-refractivity contribution in [3.05, 3.63) is 24.4 Å². The van der Waals surface area contributed by atoms with Gasteiger partial charge in [0.25, 0.3) is 0 Å². The fourth-order valence-electron chi connectivity index (χ4n) is 1.89. The molecular weight excluding hydrogens is 206 g/mol. The first-order valence-corrected chi connectivity index (χ1v) is 7.35. The van der Waals surface area contributed by atoms with E-state index >= 15 is 0 Å². The average Bonchev–Trinajstić information content (AvgIpc) is 2.30. The molecule has 0 amide bonds. The van der Waals surface area contributed by atoms with Crippen molar-refractivity contribution in [2.24, 2.45) is 5.73 Å². The maximum absolute atomic E-state index is 5.52. The highest BCUT2D eigenvalue weighted by Gasteiger charge is 1.90. The second-order valence-corrected chi connectivity index (χ2v) is 4.93. The molecular formula is C16H31N. The number of rotatable bonds is 12. The molecule has 0 bridgehead atoms. The van der Waals surface area contributed by atoms with Crippen LogP contribution in [0.3, 0.4) is 0 Å². The molecule has 0 spiro atoms. The predicted molar refractivity (Wildman–Crippen MR) is 78.9 cm³/mol. The first-order valence-electron chi connectivity index (χ1n) is 7.35. The van der Waals surface area contributed by atoms with Crippen LogP contribution in [-0.4, -0.2) is 0 Å². The van der Waals surface area contributed by atoms with Crippen molar-refractivity contribution in [1.29, 1.82) is 0 Å². The van der Waals surface area contributed by atoms with Crippen molar-refractivity contribution in [2.45, 2.75) is 77.6 Å². The van der Waals surface area contributed by atoms with Crippen LogP contribution >= 0.6 is 0 Å². The van der Waals surface area contributed by atoms with Crippen LogP contribution in [0.5, 0.6) is 0 Å². The monoisotopic (exact) mass is 237 g/mol. The first kappa shape index (κ1) is 16.3. The summed E-state index contributed by atoms with van der Waals surface area (Å²) in [5.41, 5.74) is 6.35. The Morgan fingerprint density at radius 2 is 1.41 bits per heavy atom. The van der Waals surface area contributed by atoms with Gasteiger partial charge in [0.1, 0.15) is 0 Å². The maximum atomic E-state index is 5.52. The molecule has 0 aromatic rings. The highest BCUT2D eigenvalue weighted by molar-refractivity contribution is 4.85. The molecule has 0 saturated heterocycles. The van der Waals surface area contributed by atoms with Crippen LogP contribution in [-0.2, 0) is 0 Å². The molecule has 0 aliphatic heterocycles. The van der Waals surface area contributed by atoms with E-state index in [1.165, 1.54) is 64.2 Å². The van der Waals surface area contributed by atoms with E-state index in [1.54, 1.807) is 0 Å². The van der Waals surface area contributed by atoms with Crippen LogP contribution in [0.1, 0.15) is 77.6 Å². The van der Waals surface area contributed by atoms with Crippen molar-refractivity contribution in [3.8, 4) is 0 Å². The molecule has 0 aromatic heterocycles. The van der Waals surface area contributed by atoms with Crippen molar-refractivity contribution in [3.63, 3.8) is 0 Å². The molecule has 100 valence electrons. The Hall–Kier alpha value is -0.720. The third kappa shape index (κ3) is 15.3. The van der Waals surface area contributed by atoms with Gasteiger partial charge >= 0.3 is 0 Å². The van der Waals surface area contributed by atoms with Crippen LogP contribution in [0.25, 0.3) is 0 Å². The second kappa shape index (κ2) is 13.3. The standard InChI is InChI=1S/C16H31N/c1-3-4-5-6-7-8-9-10-11-12-13-14-15-16(2)17/h8-9H,2-7,10-15,17H2,1H3/b9-8-. The van der Waals surface area contributed by atoms with Crippen LogP contribution in [0.2, 0.25) is 0 Å². The zero-order chi connectivity index (χ0) is 12.8. The molecule has 0 heterocycles. The lowest BCUT2D eigenvalue weighted by molar-refractivity contribution is 0.641. The van der Waals surface area contributed by atoms with Crippen molar-refractivity contribution in [1.82, 2.24) is 0 Å². The van der Waals surface area contributed by atoms with Gasteiger partial charge in [0, 0.05) is 5.70 Å². The molecule has 0 rings (SSSR count). The Labute approximate surface area is 108 Å². The van der Waals surface area contributed by atoms with Crippen LogP contribution in [0, 0.1) is 0 Å². The molecule has 0 aromatic carbocycles. The predicted octanol–water partition coefficient (Wildman–Crippen LogP) is 5.33. The van der Waals surface area contributed by atoms with Gasteiger partial charge in [-0.15, -0.1) is 0 Å². The summed E-state index contributed by atoms with van der Waals surface area (Å²) in [6.07, 6.45) is 18.8. The fraction of sp³-hybridized carbons (Fsp3) is 0.750. The molecule has 2 N–H and O–H groups in total. The Bertz CT molecular complexity index is 194. The molecule has 0 aliphatic rings. The van der Waals surface area contributed by atoms with Crippen molar-refractivity contribution >= 4 is 0 Å². The minimum atomic E-state index is 0.831. The molecule has 0 saturated carbocycles. The number of hydrogen-bond acceptors (Lipinski definition) is 1. The van der Waals surface area contributed by atoms with Crippen molar-refractivity contribution in [2.75, 3.05) is 0 Å². The van der Waals surface area contributed by atoms with E-state index in [4.69, 9.17) is 5.73 Å². The summed E-state index contributed by atoms with van der Waals surface area (Å²) in [6.45, 7) is 5.97. The third-order valence-corrected chi connectivity index (χ3v) is 3.01. The SMILES string of the molecule is C=C(N)CCCCCC/C=C\CCCCCC. The van der Waals surface area contributed by atoms with Gasteiger partial charge in [-0.1, -0.05) is 57.8 Å². The van der Waals surface area contributed by atoms with E-state index in [2.05, 4.69) is 25.7 Å². The van der Waals surface area contributed by atoms with Gasteiger partial charge < -0.3 is 5.73 Å². The van der Waals surface area contributed by atoms with Crippen LogP contribution in [0.4, 0.5) is 0 Å². The highest BCUT2D eigenvalue weighted by atomic mass is 14.5. The minimum absolute atomic E-state index is 0.831. The zero-order valence-corrected chi connectivity index (χ0v) is 11.7. The molecule has 0 radical (unpaired) electrons. The van der Waals surface area contributed by atoms with E-state index in [1.807, 2.05) is 0 Å². The summed E-state index contributed by atoms with van der Waals surface area (Å²) in [5, 5.41) is 0. The summed E-state index contributed by atoms with van der Waals surface area (Å²) >= 11 is 0. The fourth-order valence-corrected chi connectivity index (χ4v) is 1.89. The summed E-state index contributed by atoms with van der Waals surface area (Å²) in [7, 11) is 0. The Morgan fingerprint density at radius 3 is 1.94 bits per heavy atom. The van der Waals surface area contributed by atoms with Gasteiger partial charge in [-0.05, 0) is 38.5 Å². The smallest absolute Gasteiger partial charge is 0.000744 e. The molecule has 1 nitrogen and oxygen atoms in total. The number of nitrogens with two attached hydrogens (primary N) is 1. The Morgan fingerprint density at radius 1 is 0.882 bits per heavy atom. The van der Waals surface area contributed by atoms with Gasteiger partial charge in [-0.2, -0.15) is 0 Å². The lowest BCUT2D eigenvalue weighted by atomic mass is 10.1. The first-order chi connectivity index (χ1) is 8.27. The van der Waals surface area contributed by atoms with E-state index in [0.29, 0.717) is 0 Å². The molecule has 0 atom stereocenters. The van der Waals surface area contributed by atoms with E-state index in [0.717, 1.165) is 12.1 Å². The van der Waals surface area contributed by atoms with Gasteiger partial charge in [0.05, 0.1) is 0 Å². The molecule has 17 heavy (non-hydrogen) atoms. The highest BCUT2D eigenvalue weighted by Crippen LogP contribution is 2.08. The van der Waals surface area contributed by atoms with Crippen LogP contribution < -0.4 is 5.73 Å². The quantitative estimate of drug-likeness (QED) is 0.360. The summed E-state index contributed by atoms with van der Waals surface area (Å²) in [4.78, 5) is 0. The summed E-state index contributed by atoms with van der Waals surface area (Å²) in [6, 6.07) is 0. The molecule has 1 heteroatoms. The zero-order valence-electron chi connectivity index (χ0n) is 11.7. The van der Waals surface area contributed by atoms with Crippen molar-refractivity contribution < 1.29 is 0 Å². The molecule has 0 aliphatic carbocycles. The Kier molecular flexibility index (Phi) is 12.8. The Balaban J connectivity index is 3.06. The lowest BCUT2D eigenvalue weighted by Gasteiger charge is -1.99. The minimum Gasteiger partial charge on any atom is -0.403 e. The third-order valence-electron chi connectivity index (χ3n) is 3.01. The van der Waals surface area contributed by atoms with Gasteiger partial charge in [0.2, 0.25) is 0 Å². The lowest BCUT2D eigenvalue weighted by Crippen LogP contribution is -1.93. The largest absolute Gasteiger partial charge is 0.403 e. The average molecular weight is 237 g/mol. The van der Waals surface area contributed by atoms with Gasteiger partial charge in [-0.25, -0.2) is 0 Å². The summed E-state index contributed by atoms with van der Waals surface area (Å²) in [5.74, 6) is 0. The molecule has 0 fully saturated rings. The van der Waals surface area contributed by atoms with Gasteiger partial charge in [-0.3, -0.25) is 0 Å². The van der Waals surface area contributed by atoms with E-state index in [9.17, 15) is 0 Å². The second-order valence-electron chi connectivity index (χ2n) is 4.93. The van der Waals surface area contributed by atoms with E-state index in [-0.39, 0.29) is 0 Å². The van der Waals surface area contributed by atoms with Gasteiger partial charge in [0.15, 0.2) is 0 Å². The number of unbranched alkanes of at least 4 members (excludes halogenated alkanes) is 8.